The summed E-state index contributed by atoms with van der Waals surface area (Å²) in [5.41, 5.74) is -2.33. The summed E-state index contributed by atoms with van der Waals surface area (Å²) in [6.07, 6.45) is -16.3. The summed E-state index contributed by atoms with van der Waals surface area (Å²) in [5, 5.41) is 0. The molecule has 184 valence electrons. The second kappa shape index (κ2) is 7.87. The number of ether oxygens (including phenoxy) is 2. The number of fused-ring (bicyclic) bond motifs is 1. The maximum absolute atomic E-state index is 13.5. The van der Waals surface area contributed by atoms with Gasteiger partial charge >= 0.3 is 24.1 Å². The van der Waals surface area contributed by atoms with Crippen molar-refractivity contribution >= 4 is 16.3 Å². The van der Waals surface area contributed by atoms with Gasteiger partial charge in [-0.1, -0.05) is 48.5 Å². The van der Waals surface area contributed by atoms with E-state index < -0.39 is 52.0 Å². The fraction of sp³-hybridized carbons (Fsp3) is 0.381. The van der Waals surface area contributed by atoms with Gasteiger partial charge in [0.25, 0.3) is 10.1 Å². The van der Waals surface area contributed by atoms with Crippen molar-refractivity contribution in [3.63, 3.8) is 0 Å². The number of hydrogen-bond acceptors (Lipinski definition) is 5. The molecule has 34 heavy (non-hydrogen) atoms. The number of benzene rings is 2. The third kappa shape index (κ3) is 4.00. The predicted molar refractivity (Wildman–Crippen MR) is 104 cm³/mol. The molecule has 2 aromatic rings. The topological polar surface area (TPSA) is 89.9 Å². The van der Waals surface area contributed by atoms with Crippen LogP contribution in [0, 0.1) is 0 Å². The van der Waals surface area contributed by atoms with Crippen LogP contribution in [0.3, 0.4) is 0 Å². The smallest absolute Gasteiger partial charge is 0.430 e. The molecule has 0 spiro atoms. The molecule has 0 aromatic heterocycles. The first-order valence-corrected chi connectivity index (χ1v) is 11.4. The third-order valence-corrected chi connectivity index (χ3v) is 6.83. The van der Waals surface area contributed by atoms with Gasteiger partial charge in [-0.3, -0.25) is 4.55 Å². The highest BCUT2D eigenvalue weighted by Gasteiger charge is 2.76. The minimum absolute atomic E-state index is 0.0666. The Kier molecular flexibility index (Phi) is 5.63. The van der Waals surface area contributed by atoms with Gasteiger partial charge in [0.05, 0.1) is 0 Å². The van der Waals surface area contributed by atoms with E-state index in [0.29, 0.717) is 11.1 Å². The Morgan fingerprint density at radius 1 is 0.882 bits per heavy atom. The number of carbonyl (C=O) groups is 1. The second-order valence-electron chi connectivity index (χ2n) is 8.08. The number of hydrogen-bond donors (Lipinski definition) is 1. The molecule has 1 unspecified atom stereocenters. The molecular formula is C21H16F6O6S. The molecule has 2 aromatic carbocycles. The van der Waals surface area contributed by atoms with E-state index >= 15 is 0 Å². The fourth-order valence-electron chi connectivity index (χ4n) is 4.71. The average molecular weight is 510 g/mol. The Morgan fingerprint density at radius 2 is 1.32 bits per heavy atom. The number of alkyl halides is 6. The van der Waals surface area contributed by atoms with Crippen LogP contribution in [0.4, 0.5) is 31.1 Å². The number of rotatable bonds is 4. The van der Waals surface area contributed by atoms with Crippen LogP contribution in [0.1, 0.15) is 40.5 Å². The van der Waals surface area contributed by atoms with Crippen LogP contribution < -0.4 is 0 Å². The molecule has 0 radical (unpaired) electrons. The average Bonchev–Trinajstić information content (AvgIpc) is 2.71. The fourth-order valence-corrected chi connectivity index (χ4v) is 5.61. The minimum Gasteiger partial charge on any atom is -0.430 e. The number of halogens is 6. The van der Waals surface area contributed by atoms with Gasteiger partial charge in [0.1, 0.15) is 11.9 Å². The molecule has 1 atom stereocenters. The Bertz CT molecular complexity index is 1160. The largest absolute Gasteiger partial charge is 0.509 e. The standard InChI is InChI=1S/C21H16F6O6S/c22-20(23,24)19(21(25,26)27,10-34(29,30)31)33-18(28)32-16-9-15-11-5-1-3-7-13(11)17(16)14-8-4-2-6-12(14)15/h1-8,15-17H,9-10H2,(H,29,30,31). The first kappa shape index (κ1) is 24.3. The van der Waals surface area contributed by atoms with Gasteiger partial charge in [-0.25, -0.2) is 4.79 Å². The van der Waals surface area contributed by atoms with Gasteiger partial charge in [0.2, 0.25) is 0 Å². The van der Waals surface area contributed by atoms with Crippen LogP contribution in [0.25, 0.3) is 0 Å². The Labute approximate surface area is 189 Å². The Balaban J connectivity index is 1.68. The molecule has 0 saturated heterocycles. The maximum Gasteiger partial charge on any atom is 0.509 e. The SMILES string of the molecule is O=C(OC1CC2c3ccccc3C1c1ccccc12)OC(CS(=O)(=O)O)(C(F)(F)F)C(F)(F)F. The summed E-state index contributed by atoms with van der Waals surface area (Å²) in [6, 6.07) is 14.1. The Hall–Kier alpha value is -2.80. The van der Waals surface area contributed by atoms with Crippen molar-refractivity contribution < 1.29 is 53.6 Å². The van der Waals surface area contributed by atoms with Crippen LogP contribution in [0.2, 0.25) is 0 Å². The third-order valence-electron chi connectivity index (χ3n) is 6.06. The van der Waals surface area contributed by atoms with E-state index in [9.17, 15) is 39.6 Å². The zero-order valence-corrected chi connectivity index (χ0v) is 17.7. The lowest BCUT2D eigenvalue weighted by molar-refractivity contribution is -0.360. The zero-order valence-electron chi connectivity index (χ0n) is 16.9. The van der Waals surface area contributed by atoms with Crippen molar-refractivity contribution in [3.8, 4) is 0 Å². The molecular weight excluding hydrogens is 494 g/mol. The molecule has 0 fully saturated rings. The van der Waals surface area contributed by atoms with Crippen molar-refractivity contribution in [1.82, 2.24) is 0 Å². The molecule has 3 aliphatic carbocycles. The van der Waals surface area contributed by atoms with Crippen molar-refractivity contribution in [3.05, 3.63) is 70.8 Å². The van der Waals surface area contributed by atoms with Crippen LogP contribution in [0.5, 0.6) is 0 Å². The van der Waals surface area contributed by atoms with Crippen molar-refractivity contribution in [2.75, 3.05) is 5.75 Å². The van der Waals surface area contributed by atoms with Gasteiger partial charge in [-0.05, 0) is 28.7 Å². The van der Waals surface area contributed by atoms with Crippen LogP contribution >= 0.6 is 0 Å². The van der Waals surface area contributed by atoms with Gasteiger partial charge in [0, 0.05) is 11.8 Å². The number of carbonyl (C=O) groups excluding carboxylic acids is 1. The maximum atomic E-state index is 13.5. The van der Waals surface area contributed by atoms with Crippen molar-refractivity contribution in [1.29, 1.82) is 0 Å². The summed E-state index contributed by atoms with van der Waals surface area (Å²) in [5.74, 6) is -3.98. The molecule has 0 saturated carbocycles. The van der Waals surface area contributed by atoms with Crippen LogP contribution in [-0.4, -0.2) is 48.9 Å². The molecule has 3 aliphatic rings. The zero-order chi connectivity index (χ0) is 25.1. The molecule has 0 amide bonds. The lowest BCUT2D eigenvalue weighted by Crippen LogP contribution is -2.63. The highest BCUT2D eigenvalue weighted by Crippen LogP contribution is 2.54. The van der Waals surface area contributed by atoms with Gasteiger partial charge in [-0.2, -0.15) is 34.8 Å². The van der Waals surface area contributed by atoms with E-state index in [1.807, 2.05) is 12.1 Å². The van der Waals surface area contributed by atoms with Crippen molar-refractivity contribution in [2.24, 2.45) is 0 Å². The molecule has 2 bridgehead atoms. The van der Waals surface area contributed by atoms with Gasteiger partial charge in [-0.15, -0.1) is 0 Å². The summed E-state index contributed by atoms with van der Waals surface area (Å²) in [4.78, 5) is 12.3. The van der Waals surface area contributed by atoms with E-state index in [1.54, 1.807) is 36.4 Å². The highest BCUT2D eigenvalue weighted by molar-refractivity contribution is 7.85. The van der Waals surface area contributed by atoms with E-state index in [4.69, 9.17) is 9.29 Å². The van der Waals surface area contributed by atoms with Gasteiger partial charge < -0.3 is 9.47 Å². The summed E-state index contributed by atoms with van der Waals surface area (Å²) in [7, 11) is -5.89. The van der Waals surface area contributed by atoms with Gasteiger partial charge in [0.15, 0.2) is 0 Å². The lowest BCUT2D eigenvalue weighted by atomic mass is 9.62. The summed E-state index contributed by atoms with van der Waals surface area (Å²) >= 11 is 0. The molecule has 6 nitrogen and oxygen atoms in total. The first-order valence-electron chi connectivity index (χ1n) is 9.80. The minimum atomic E-state index is -6.43. The van der Waals surface area contributed by atoms with E-state index in [2.05, 4.69) is 4.74 Å². The molecule has 0 heterocycles. The monoisotopic (exact) mass is 510 g/mol. The van der Waals surface area contributed by atoms with Crippen LogP contribution in [-0.2, 0) is 19.6 Å². The van der Waals surface area contributed by atoms with Crippen molar-refractivity contribution in [2.45, 2.75) is 42.3 Å². The summed E-state index contributed by atoms with van der Waals surface area (Å²) in [6.45, 7) is 0. The lowest BCUT2D eigenvalue weighted by Gasteiger charge is -2.45. The molecule has 5 rings (SSSR count). The highest BCUT2D eigenvalue weighted by atomic mass is 32.2. The predicted octanol–water partition coefficient (Wildman–Crippen LogP) is 4.94. The normalized spacial score (nSPS) is 22.0. The quantitative estimate of drug-likeness (QED) is 0.356. The van der Waals surface area contributed by atoms with E-state index in [0.717, 1.165) is 11.1 Å². The first-order chi connectivity index (χ1) is 15.6. The summed E-state index contributed by atoms with van der Waals surface area (Å²) < 4.78 is 120. The van der Waals surface area contributed by atoms with E-state index in [-0.39, 0.29) is 12.3 Å². The molecule has 0 aliphatic heterocycles. The van der Waals surface area contributed by atoms with Crippen LogP contribution in [0.15, 0.2) is 48.5 Å². The Morgan fingerprint density at radius 3 is 1.74 bits per heavy atom. The van der Waals surface area contributed by atoms with E-state index in [1.165, 1.54) is 0 Å². The second-order valence-corrected chi connectivity index (χ2v) is 9.53. The molecule has 13 heteroatoms. The molecule has 1 N–H and O–H groups in total.